The van der Waals surface area contributed by atoms with Gasteiger partial charge in [0.1, 0.15) is 0 Å². The molecule has 2 rings (SSSR count). The van der Waals surface area contributed by atoms with E-state index in [0.29, 0.717) is 22.6 Å². The highest BCUT2D eigenvalue weighted by Crippen LogP contribution is 2.29. The van der Waals surface area contributed by atoms with Crippen LogP contribution < -0.4 is 14.8 Å². The second-order valence-corrected chi connectivity index (χ2v) is 4.71. The Labute approximate surface area is 129 Å². The Morgan fingerprint density at radius 1 is 1.09 bits per heavy atom. The summed E-state index contributed by atoms with van der Waals surface area (Å²) in [4.78, 5) is 11.9. The molecule has 1 unspecified atom stereocenters. The van der Waals surface area contributed by atoms with E-state index in [9.17, 15) is 9.90 Å². The van der Waals surface area contributed by atoms with Crippen LogP contribution in [0.2, 0.25) is 0 Å². The fourth-order valence-corrected chi connectivity index (χ4v) is 2.06. The Morgan fingerprint density at radius 3 is 2.41 bits per heavy atom. The Hall–Kier alpha value is -2.53. The molecular formula is C17H19NO4. The fraction of sp³-hybridized carbons (Fsp3) is 0.235. The molecule has 0 aliphatic carbocycles. The molecule has 0 fully saturated rings. The van der Waals surface area contributed by atoms with E-state index in [4.69, 9.17) is 9.47 Å². The van der Waals surface area contributed by atoms with E-state index in [1.165, 1.54) is 7.11 Å². The maximum Gasteiger partial charge on any atom is 0.251 e. The van der Waals surface area contributed by atoms with Gasteiger partial charge in [0.2, 0.25) is 0 Å². The first-order valence-electron chi connectivity index (χ1n) is 6.89. The Kier molecular flexibility index (Phi) is 5.38. The molecule has 2 N–H and O–H groups in total. The van der Waals surface area contributed by atoms with E-state index in [1.807, 2.05) is 6.07 Å². The Bertz CT molecular complexity index is 628. The van der Waals surface area contributed by atoms with Gasteiger partial charge in [-0.25, -0.2) is 0 Å². The number of methoxy groups -OCH3 is 2. The minimum atomic E-state index is -0.826. The number of amides is 1. The van der Waals surface area contributed by atoms with Crippen LogP contribution in [0.4, 0.5) is 0 Å². The van der Waals surface area contributed by atoms with Gasteiger partial charge in [0.25, 0.3) is 5.91 Å². The number of aliphatic hydroxyl groups excluding tert-OH is 1. The highest BCUT2D eigenvalue weighted by molar-refractivity contribution is 5.94. The average molecular weight is 301 g/mol. The number of hydrogen-bond donors (Lipinski definition) is 2. The van der Waals surface area contributed by atoms with E-state index in [-0.39, 0.29) is 12.5 Å². The number of nitrogens with one attached hydrogen (secondary N) is 1. The molecule has 116 valence electrons. The molecule has 22 heavy (non-hydrogen) atoms. The van der Waals surface area contributed by atoms with Crippen LogP contribution in [0.25, 0.3) is 0 Å². The summed E-state index contributed by atoms with van der Waals surface area (Å²) >= 11 is 0. The Balaban J connectivity index is 2.00. The normalized spacial score (nSPS) is 11.6. The van der Waals surface area contributed by atoms with Gasteiger partial charge < -0.3 is 19.9 Å². The lowest BCUT2D eigenvalue weighted by Crippen LogP contribution is -2.28. The van der Waals surface area contributed by atoms with E-state index in [2.05, 4.69) is 5.32 Å². The molecule has 0 saturated carbocycles. The lowest BCUT2D eigenvalue weighted by Gasteiger charge is -2.15. The summed E-state index contributed by atoms with van der Waals surface area (Å²) < 4.78 is 10.3. The zero-order valence-electron chi connectivity index (χ0n) is 12.6. The van der Waals surface area contributed by atoms with Crippen molar-refractivity contribution < 1.29 is 19.4 Å². The topological polar surface area (TPSA) is 67.8 Å². The van der Waals surface area contributed by atoms with Crippen molar-refractivity contribution in [2.24, 2.45) is 0 Å². The molecule has 0 heterocycles. The summed E-state index contributed by atoms with van der Waals surface area (Å²) in [5, 5.41) is 12.9. The number of aliphatic hydroxyl groups is 1. The van der Waals surface area contributed by atoms with Gasteiger partial charge in [-0.1, -0.05) is 24.3 Å². The zero-order valence-corrected chi connectivity index (χ0v) is 12.6. The molecule has 0 aliphatic rings. The quantitative estimate of drug-likeness (QED) is 0.858. The van der Waals surface area contributed by atoms with Crippen LogP contribution >= 0.6 is 0 Å². The second kappa shape index (κ2) is 7.47. The summed E-state index contributed by atoms with van der Waals surface area (Å²) in [7, 11) is 3.08. The fourth-order valence-electron chi connectivity index (χ4n) is 2.06. The van der Waals surface area contributed by atoms with Gasteiger partial charge in [-0.3, -0.25) is 4.79 Å². The van der Waals surface area contributed by atoms with Crippen LogP contribution in [0.5, 0.6) is 11.5 Å². The van der Waals surface area contributed by atoms with Crippen molar-refractivity contribution in [1.29, 1.82) is 0 Å². The number of ether oxygens (including phenoxy) is 2. The van der Waals surface area contributed by atoms with E-state index < -0.39 is 6.10 Å². The third-order valence-corrected chi connectivity index (χ3v) is 3.28. The predicted molar refractivity (Wildman–Crippen MR) is 83.3 cm³/mol. The molecule has 1 atom stereocenters. The lowest BCUT2D eigenvalue weighted by molar-refractivity contribution is 0.0916. The van der Waals surface area contributed by atoms with Crippen LogP contribution in [0.1, 0.15) is 22.0 Å². The van der Waals surface area contributed by atoms with Crippen LogP contribution in [0, 0.1) is 0 Å². The van der Waals surface area contributed by atoms with Gasteiger partial charge in [0, 0.05) is 12.1 Å². The van der Waals surface area contributed by atoms with Gasteiger partial charge in [-0.15, -0.1) is 0 Å². The largest absolute Gasteiger partial charge is 0.493 e. The number of benzene rings is 2. The molecule has 2 aromatic carbocycles. The van der Waals surface area contributed by atoms with E-state index in [0.717, 1.165) is 0 Å². The van der Waals surface area contributed by atoms with Gasteiger partial charge in [0.15, 0.2) is 11.5 Å². The van der Waals surface area contributed by atoms with E-state index >= 15 is 0 Å². The molecule has 0 radical (unpaired) electrons. The number of hydrogen-bond acceptors (Lipinski definition) is 4. The van der Waals surface area contributed by atoms with Crippen LogP contribution in [0.15, 0.2) is 48.5 Å². The summed E-state index contributed by atoms with van der Waals surface area (Å²) in [6.07, 6.45) is -0.826. The maximum atomic E-state index is 11.9. The second-order valence-electron chi connectivity index (χ2n) is 4.71. The Morgan fingerprint density at radius 2 is 1.77 bits per heavy atom. The molecular weight excluding hydrogens is 282 g/mol. The highest BCUT2D eigenvalue weighted by atomic mass is 16.5. The third kappa shape index (κ3) is 3.77. The third-order valence-electron chi connectivity index (χ3n) is 3.28. The molecule has 2 aromatic rings. The van der Waals surface area contributed by atoms with Crippen molar-refractivity contribution in [3.05, 3.63) is 59.7 Å². The first-order valence-corrected chi connectivity index (χ1v) is 6.89. The lowest BCUT2D eigenvalue weighted by atomic mass is 10.1. The smallest absolute Gasteiger partial charge is 0.251 e. The SMILES string of the molecule is COc1ccc(C(O)CNC(=O)c2ccccc2)cc1OC. The van der Waals surface area contributed by atoms with Crippen LogP contribution in [-0.4, -0.2) is 31.8 Å². The molecule has 0 aromatic heterocycles. The summed E-state index contributed by atoms with van der Waals surface area (Å²) in [5.74, 6) is 0.903. The minimum Gasteiger partial charge on any atom is -0.493 e. The van der Waals surface area contributed by atoms with Gasteiger partial charge in [0.05, 0.1) is 20.3 Å². The molecule has 0 spiro atoms. The summed E-state index contributed by atoms with van der Waals surface area (Å²) in [6, 6.07) is 14.0. The van der Waals surface area contributed by atoms with Crippen molar-refractivity contribution in [1.82, 2.24) is 5.32 Å². The number of carbonyl (C=O) groups excluding carboxylic acids is 1. The molecule has 5 heteroatoms. The highest BCUT2D eigenvalue weighted by Gasteiger charge is 2.13. The number of rotatable bonds is 6. The molecule has 1 amide bonds. The molecule has 0 bridgehead atoms. The van der Waals surface area contributed by atoms with E-state index in [1.54, 1.807) is 49.6 Å². The minimum absolute atomic E-state index is 0.114. The van der Waals surface area contributed by atoms with Crippen molar-refractivity contribution >= 4 is 5.91 Å². The first-order chi connectivity index (χ1) is 10.7. The molecule has 5 nitrogen and oxygen atoms in total. The first kappa shape index (κ1) is 15.9. The van der Waals surface area contributed by atoms with Crippen LogP contribution in [-0.2, 0) is 0 Å². The maximum absolute atomic E-state index is 11.9. The summed E-state index contributed by atoms with van der Waals surface area (Å²) in [5.41, 5.74) is 1.20. The number of carbonyl (C=O) groups is 1. The van der Waals surface area contributed by atoms with Crippen molar-refractivity contribution in [2.45, 2.75) is 6.10 Å². The van der Waals surface area contributed by atoms with Crippen molar-refractivity contribution in [3.63, 3.8) is 0 Å². The van der Waals surface area contributed by atoms with Crippen molar-refractivity contribution in [3.8, 4) is 11.5 Å². The van der Waals surface area contributed by atoms with Gasteiger partial charge >= 0.3 is 0 Å². The molecule has 0 saturated heterocycles. The van der Waals surface area contributed by atoms with Gasteiger partial charge in [-0.2, -0.15) is 0 Å². The average Bonchev–Trinajstić information content (AvgIpc) is 2.59. The molecule has 0 aliphatic heterocycles. The standard InChI is InChI=1S/C17H19NO4/c1-21-15-9-8-13(10-16(15)22-2)14(19)11-18-17(20)12-6-4-3-5-7-12/h3-10,14,19H,11H2,1-2H3,(H,18,20). The zero-order chi connectivity index (χ0) is 15.9. The van der Waals surface area contributed by atoms with Crippen LogP contribution in [0.3, 0.4) is 0 Å². The summed E-state index contributed by atoms with van der Waals surface area (Å²) in [6.45, 7) is 0.114. The monoisotopic (exact) mass is 301 g/mol. The van der Waals surface area contributed by atoms with Crippen molar-refractivity contribution in [2.75, 3.05) is 20.8 Å². The predicted octanol–water partition coefficient (Wildman–Crippen LogP) is 2.17. The van der Waals surface area contributed by atoms with Gasteiger partial charge in [-0.05, 0) is 29.8 Å².